The highest BCUT2D eigenvalue weighted by molar-refractivity contribution is 6.02. The molecule has 4 nitrogen and oxygen atoms in total. The van der Waals surface area contributed by atoms with Crippen LogP contribution >= 0.6 is 0 Å². The molecule has 0 saturated carbocycles. The van der Waals surface area contributed by atoms with E-state index in [1.165, 1.54) is 0 Å². The Hall–Kier alpha value is -1.55. The second kappa shape index (κ2) is 6.06. The van der Waals surface area contributed by atoms with E-state index in [1.54, 1.807) is 13.8 Å². The van der Waals surface area contributed by atoms with Crippen molar-refractivity contribution in [1.82, 2.24) is 5.43 Å². The Morgan fingerprint density at radius 2 is 1.95 bits per heavy atom. The van der Waals surface area contributed by atoms with Gasteiger partial charge in [-0.1, -0.05) is 6.92 Å². The molecule has 0 amide bonds. The van der Waals surface area contributed by atoms with Gasteiger partial charge in [0.2, 0.25) is 0 Å². The van der Waals surface area contributed by atoms with Gasteiger partial charge in [0.25, 0.3) is 0 Å². The van der Waals surface area contributed by atoms with Gasteiger partial charge >= 0.3 is 0 Å². The van der Waals surface area contributed by atoms with Crippen LogP contribution in [0.15, 0.2) is 17.2 Å². The summed E-state index contributed by atoms with van der Waals surface area (Å²) >= 11 is 0. The summed E-state index contributed by atoms with van der Waals surface area (Å²) in [5.74, 6) is 1.33. The van der Waals surface area contributed by atoms with Gasteiger partial charge in [0.05, 0.1) is 11.3 Å². The Morgan fingerprint density at radius 3 is 2.48 bits per heavy atom. The maximum Gasteiger partial charge on any atom is 0.125 e. The molecule has 0 saturated heterocycles. The van der Waals surface area contributed by atoms with Crippen LogP contribution in [0.5, 0.6) is 5.75 Å². The van der Waals surface area contributed by atoms with Crippen LogP contribution in [-0.2, 0) is 0 Å². The number of aryl methyl sites for hydroxylation is 2. The van der Waals surface area contributed by atoms with Crippen LogP contribution in [0.3, 0.4) is 0 Å². The monoisotopic (exact) mass is 290 g/mol. The Kier molecular flexibility index (Phi) is 4.57. The fourth-order valence-corrected chi connectivity index (χ4v) is 2.59. The molecule has 0 radical (unpaired) electrons. The first-order valence-corrected chi connectivity index (χ1v) is 7.55. The molecule has 0 aliphatic carbocycles. The van der Waals surface area contributed by atoms with Gasteiger partial charge in [-0.05, 0) is 62.9 Å². The molecule has 2 rings (SSSR count). The molecule has 1 aromatic carbocycles. The highest BCUT2D eigenvalue weighted by Crippen LogP contribution is 2.28. The Morgan fingerprint density at radius 1 is 1.33 bits per heavy atom. The lowest BCUT2D eigenvalue weighted by molar-refractivity contribution is 0.0280. The quantitative estimate of drug-likeness (QED) is 0.896. The van der Waals surface area contributed by atoms with Crippen molar-refractivity contribution < 1.29 is 9.84 Å². The van der Waals surface area contributed by atoms with E-state index in [1.807, 2.05) is 13.8 Å². The van der Waals surface area contributed by atoms with Gasteiger partial charge in [-0.25, -0.2) is 0 Å². The maximum absolute atomic E-state index is 9.80. The second-order valence-electron chi connectivity index (χ2n) is 6.64. The number of benzene rings is 1. The average Bonchev–Trinajstić information content (AvgIpc) is 2.36. The van der Waals surface area contributed by atoms with Gasteiger partial charge in [-0.3, -0.25) is 0 Å². The first kappa shape index (κ1) is 15.8. The van der Waals surface area contributed by atoms with Gasteiger partial charge in [0.15, 0.2) is 0 Å². The lowest BCUT2D eigenvalue weighted by Crippen LogP contribution is -2.28. The van der Waals surface area contributed by atoms with E-state index < -0.39 is 5.60 Å². The van der Waals surface area contributed by atoms with Gasteiger partial charge < -0.3 is 15.3 Å². The molecule has 1 aliphatic heterocycles. The van der Waals surface area contributed by atoms with Crippen molar-refractivity contribution in [3.8, 4) is 5.75 Å². The van der Waals surface area contributed by atoms with E-state index >= 15 is 0 Å². The predicted molar refractivity (Wildman–Crippen MR) is 86.0 cm³/mol. The Balaban J connectivity index is 2.26. The Bertz CT molecular complexity index is 521. The molecule has 4 heteroatoms. The van der Waals surface area contributed by atoms with Crippen LogP contribution in [-0.4, -0.2) is 29.6 Å². The molecular weight excluding hydrogens is 264 g/mol. The van der Waals surface area contributed by atoms with Crippen molar-refractivity contribution >= 4 is 5.71 Å². The molecule has 0 spiro atoms. The highest BCUT2D eigenvalue weighted by atomic mass is 16.5. The number of hydrogen-bond donors (Lipinski definition) is 2. The van der Waals surface area contributed by atoms with Crippen molar-refractivity contribution in [2.75, 3.05) is 13.2 Å². The van der Waals surface area contributed by atoms with Crippen LogP contribution in [0.2, 0.25) is 0 Å². The smallest absolute Gasteiger partial charge is 0.125 e. The molecule has 1 heterocycles. The summed E-state index contributed by atoms with van der Waals surface area (Å²) < 4.78 is 5.80. The van der Waals surface area contributed by atoms with Crippen LogP contribution in [0.1, 0.15) is 43.9 Å². The zero-order valence-electron chi connectivity index (χ0n) is 13.7. The van der Waals surface area contributed by atoms with Crippen molar-refractivity contribution in [3.05, 3.63) is 28.8 Å². The summed E-state index contributed by atoms with van der Waals surface area (Å²) in [4.78, 5) is 0. The molecule has 21 heavy (non-hydrogen) atoms. The fraction of sp³-hybridized carbons (Fsp3) is 0.588. The number of rotatable bonds is 4. The highest BCUT2D eigenvalue weighted by Gasteiger charge is 2.20. The van der Waals surface area contributed by atoms with E-state index in [2.05, 4.69) is 29.6 Å². The van der Waals surface area contributed by atoms with Crippen molar-refractivity contribution in [2.24, 2.45) is 11.0 Å². The number of nitrogens with zero attached hydrogens (tertiary/aromatic N) is 1. The minimum atomic E-state index is -0.830. The summed E-state index contributed by atoms with van der Waals surface area (Å²) in [5, 5.41) is 14.3. The standard InChI is InChI=1S/C17H26N2O2/c1-11-6-7-18-19-15(11)14-8-12(2)16(13(3)9-14)21-10-17(4,5)20/h8-9,11,18,20H,6-7,10H2,1-5H3. The molecule has 1 unspecified atom stereocenters. The second-order valence-corrected chi connectivity index (χ2v) is 6.64. The van der Waals surface area contributed by atoms with Gasteiger partial charge in [0, 0.05) is 12.5 Å². The molecule has 1 atom stereocenters. The van der Waals surface area contributed by atoms with Crippen LogP contribution in [0, 0.1) is 19.8 Å². The van der Waals surface area contributed by atoms with Gasteiger partial charge in [-0.2, -0.15) is 5.10 Å². The molecule has 116 valence electrons. The first-order chi connectivity index (χ1) is 9.78. The SMILES string of the molecule is Cc1cc(C2=NNCCC2C)cc(C)c1OCC(C)(C)O. The molecule has 0 aromatic heterocycles. The molecule has 1 aliphatic rings. The van der Waals surface area contributed by atoms with E-state index in [9.17, 15) is 5.11 Å². The number of ether oxygens (including phenoxy) is 1. The third-order valence-corrected chi connectivity index (χ3v) is 3.68. The summed E-state index contributed by atoms with van der Waals surface area (Å²) in [6.45, 7) is 11.0. The predicted octanol–water partition coefficient (Wildman–Crippen LogP) is 2.79. The molecule has 0 fully saturated rings. The number of hydrogen-bond acceptors (Lipinski definition) is 4. The molecule has 2 N–H and O–H groups in total. The van der Waals surface area contributed by atoms with E-state index in [-0.39, 0.29) is 6.61 Å². The number of nitrogens with one attached hydrogen (secondary N) is 1. The number of hydrazone groups is 1. The maximum atomic E-state index is 9.80. The third kappa shape index (κ3) is 3.97. The average molecular weight is 290 g/mol. The lowest BCUT2D eigenvalue weighted by Gasteiger charge is -2.23. The van der Waals surface area contributed by atoms with E-state index in [0.717, 1.165) is 41.1 Å². The lowest BCUT2D eigenvalue weighted by atomic mass is 9.92. The summed E-state index contributed by atoms with van der Waals surface area (Å²) in [5.41, 5.74) is 6.68. The van der Waals surface area contributed by atoms with Crippen LogP contribution in [0.4, 0.5) is 0 Å². The van der Waals surface area contributed by atoms with Crippen LogP contribution in [0.25, 0.3) is 0 Å². The summed E-state index contributed by atoms with van der Waals surface area (Å²) in [7, 11) is 0. The Labute approximate surface area is 127 Å². The molecular formula is C17H26N2O2. The van der Waals surface area contributed by atoms with Crippen molar-refractivity contribution in [1.29, 1.82) is 0 Å². The van der Waals surface area contributed by atoms with Crippen LogP contribution < -0.4 is 10.2 Å². The van der Waals surface area contributed by atoms with Crippen molar-refractivity contribution in [3.63, 3.8) is 0 Å². The minimum absolute atomic E-state index is 0.285. The van der Waals surface area contributed by atoms with Gasteiger partial charge in [0.1, 0.15) is 12.4 Å². The zero-order chi connectivity index (χ0) is 15.6. The van der Waals surface area contributed by atoms with Gasteiger partial charge in [-0.15, -0.1) is 0 Å². The number of aliphatic hydroxyl groups is 1. The fourth-order valence-electron chi connectivity index (χ4n) is 2.59. The van der Waals surface area contributed by atoms with Crippen molar-refractivity contribution in [2.45, 2.75) is 46.6 Å². The minimum Gasteiger partial charge on any atom is -0.490 e. The van der Waals surface area contributed by atoms with E-state index in [4.69, 9.17) is 4.74 Å². The summed E-state index contributed by atoms with van der Waals surface area (Å²) in [6.07, 6.45) is 1.11. The topological polar surface area (TPSA) is 53.9 Å². The first-order valence-electron chi connectivity index (χ1n) is 7.55. The summed E-state index contributed by atoms with van der Waals surface area (Å²) in [6, 6.07) is 4.24. The molecule has 0 bridgehead atoms. The largest absolute Gasteiger partial charge is 0.490 e. The normalized spacial score (nSPS) is 19.0. The van der Waals surface area contributed by atoms with E-state index in [0.29, 0.717) is 5.92 Å². The molecule has 1 aromatic rings. The third-order valence-electron chi connectivity index (χ3n) is 3.68. The zero-order valence-corrected chi connectivity index (χ0v) is 13.7.